The number of fused-ring (bicyclic) bond motifs is 1. The summed E-state index contributed by atoms with van der Waals surface area (Å²) in [5, 5.41) is 2.67. The van der Waals surface area contributed by atoms with Crippen LogP contribution in [0.1, 0.15) is 49.9 Å². The highest BCUT2D eigenvalue weighted by atomic mass is 127. The van der Waals surface area contributed by atoms with Gasteiger partial charge in [-0.2, -0.15) is 8.78 Å². The van der Waals surface area contributed by atoms with E-state index in [1.165, 1.54) is 18.2 Å². The van der Waals surface area contributed by atoms with Crippen LogP contribution in [0.25, 0.3) is 10.9 Å². The Morgan fingerprint density at radius 1 is 1.17 bits per heavy atom. The van der Waals surface area contributed by atoms with Crippen LogP contribution in [-0.2, 0) is 0 Å². The van der Waals surface area contributed by atoms with Crippen LogP contribution in [0.2, 0.25) is 0 Å². The van der Waals surface area contributed by atoms with E-state index in [-0.39, 0.29) is 34.2 Å². The van der Waals surface area contributed by atoms with Gasteiger partial charge in [0.25, 0.3) is 11.9 Å². The molecule has 1 unspecified atom stereocenters. The number of amides is 1. The van der Waals surface area contributed by atoms with E-state index in [9.17, 15) is 18.0 Å². The lowest BCUT2D eigenvalue weighted by Gasteiger charge is -2.39. The summed E-state index contributed by atoms with van der Waals surface area (Å²) in [4.78, 5) is 21.6. The van der Waals surface area contributed by atoms with Crippen LogP contribution < -0.4 is 5.32 Å². The van der Waals surface area contributed by atoms with Crippen LogP contribution in [0.15, 0.2) is 36.4 Å². The zero-order valence-electron chi connectivity index (χ0n) is 20.5. The fourth-order valence-electron chi connectivity index (χ4n) is 4.93. The fraction of sp³-hybridized carbons (Fsp3) is 0.407. The van der Waals surface area contributed by atoms with Gasteiger partial charge in [-0.15, -0.1) is 0 Å². The molecule has 0 radical (unpaired) electrons. The average molecular weight is 610 g/mol. The molecule has 0 aliphatic carbocycles. The first kappa shape index (κ1) is 26.7. The molecule has 36 heavy (non-hydrogen) atoms. The van der Waals surface area contributed by atoms with Gasteiger partial charge in [-0.3, -0.25) is 9.69 Å². The minimum absolute atomic E-state index is 0.0133. The first-order valence-corrected chi connectivity index (χ1v) is 13.4. The molecule has 0 saturated carbocycles. The molecule has 192 valence electrons. The zero-order valence-corrected chi connectivity index (χ0v) is 22.6. The Balaban J connectivity index is 1.68. The molecule has 1 aliphatic rings. The van der Waals surface area contributed by atoms with E-state index in [1.807, 2.05) is 4.90 Å². The van der Waals surface area contributed by atoms with Crippen LogP contribution in [0.3, 0.4) is 0 Å². The van der Waals surface area contributed by atoms with Crippen molar-refractivity contribution in [3.63, 3.8) is 0 Å². The maximum Gasteiger partial charge on any atom is 0.256 e. The SMILES string of the molecule is CCCN(CCC)C1CCCN(C(=O)c2cc(I)ccc2Nc2c(F)c(F)nc3cccc(F)c23)C1. The third-order valence-electron chi connectivity index (χ3n) is 6.55. The molecule has 1 aromatic heterocycles. The first-order valence-electron chi connectivity index (χ1n) is 12.4. The van der Waals surface area contributed by atoms with E-state index in [1.54, 1.807) is 18.2 Å². The van der Waals surface area contributed by atoms with Gasteiger partial charge < -0.3 is 10.2 Å². The number of halogens is 4. The number of pyridine rings is 1. The van der Waals surface area contributed by atoms with Gasteiger partial charge >= 0.3 is 0 Å². The Morgan fingerprint density at radius 3 is 2.64 bits per heavy atom. The molecule has 2 aromatic carbocycles. The normalized spacial score (nSPS) is 16.1. The molecule has 0 spiro atoms. The number of hydrogen-bond donors (Lipinski definition) is 1. The quantitative estimate of drug-likeness (QED) is 0.227. The minimum atomic E-state index is -1.33. The minimum Gasteiger partial charge on any atom is -0.352 e. The van der Waals surface area contributed by atoms with Gasteiger partial charge in [-0.05, 0) is 91.7 Å². The first-order chi connectivity index (χ1) is 17.3. The zero-order chi connectivity index (χ0) is 25.8. The molecule has 1 fully saturated rings. The summed E-state index contributed by atoms with van der Waals surface area (Å²) >= 11 is 2.11. The molecule has 1 saturated heterocycles. The second-order valence-corrected chi connectivity index (χ2v) is 10.4. The van der Waals surface area contributed by atoms with Crippen LogP contribution in [0.4, 0.5) is 24.5 Å². The largest absolute Gasteiger partial charge is 0.352 e. The third-order valence-corrected chi connectivity index (χ3v) is 7.23. The Labute approximate surface area is 223 Å². The molecular formula is C27H30F3IN4O. The summed E-state index contributed by atoms with van der Waals surface area (Å²) in [7, 11) is 0. The maximum atomic E-state index is 14.9. The molecule has 4 rings (SSSR count). The lowest BCUT2D eigenvalue weighted by atomic mass is 10.0. The van der Waals surface area contributed by atoms with Gasteiger partial charge in [0.15, 0.2) is 0 Å². The predicted octanol–water partition coefficient (Wildman–Crippen LogP) is 6.73. The van der Waals surface area contributed by atoms with E-state index >= 15 is 0 Å². The number of aromatic nitrogens is 1. The lowest BCUT2D eigenvalue weighted by molar-refractivity contribution is 0.0574. The van der Waals surface area contributed by atoms with E-state index in [4.69, 9.17) is 0 Å². The molecule has 2 heterocycles. The molecule has 5 nitrogen and oxygen atoms in total. The standard InChI is InChI=1S/C27H30F3IN4O/c1-3-12-34(13-4-2)18-7-6-14-35(16-18)27(36)19-15-17(31)10-11-21(19)32-25-23-20(28)8-5-9-22(23)33-26(30)24(25)29/h5,8-11,15,18H,3-4,6-7,12-14,16H2,1-2H3,(H,32,33). The molecule has 1 amide bonds. The average Bonchev–Trinajstić information content (AvgIpc) is 2.87. The summed E-state index contributed by atoms with van der Waals surface area (Å²) in [5.74, 6) is -3.55. The molecule has 9 heteroatoms. The number of hydrogen-bond acceptors (Lipinski definition) is 4. The Hall–Kier alpha value is -2.40. The predicted molar refractivity (Wildman–Crippen MR) is 145 cm³/mol. The summed E-state index contributed by atoms with van der Waals surface area (Å²) in [6.45, 7) is 7.53. The van der Waals surface area contributed by atoms with Gasteiger partial charge in [0.05, 0.1) is 27.8 Å². The van der Waals surface area contributed by atoms with Crippen molar-refractivity contribution >= 4 is 50.8 Å². The Morgan fingerprint density at radius 2 is 1.92 bits per heavy atom. The number of carbonyl (C=O) groups excluding carboxylic acids is 1. The molecule has 1 aliphatic heterocycles. The topological polar surface area (TPSA) is 48.5 Å². The summed E-state index contributed by atoms with van der Waals surface area (Å²) < 4.78 is 44.6. The van der Waals surface area contributed by atoms with Gasteiger partial charge in [0.2, 0.25) is 5.82 Å². The summed E-state index contributed by atoms with van der Waals surface area (Å²) in [5.41, 5.74) is 0.233. The van der Waals surface area contributed by atoms with Crippen molar-refractivity contribution in [3.05, 3.63) is 63.1 Å². The lowest BCUT2D eigenvalue weighted by Crippen LogP contribution is -2.50. The molecule has 1 N–H and O–H groups in total. The second kappa shape index (κ2) is 11.8. The number of carbonyl (C=O) groups is 1. The van der Waals surface area contributed by atoms with E-state index in [2.05, 4.69) is 51.6 Å². The number of nitrogens with zero attached hydrogens (tertiary/aromatic N) is 3. The fourth-order valence-corrected chi connectivity index (χ4v) is 5.43. The molecule has 1 atom stereocenters. The number of rotatable bonds is 8. The Bertz CT molecular complexity index is 1250. The van der Waals surface area contributed by atoms with E-state index in [0.717, 1.165) is 42.3 Å². The number of likely N-dealkylation sites (tertiary alicyclic amines) is 1. The van der Waals surface area contributed by atoms with Gasteiger partial charge in [0, 0.05) is 22.7 Å². The van der Waals surface area contributed by atoms with Gasteiger partial charge in [-0.25, -0.2) is 9.37 Å². The van der Waals surface area contributed by atoms with Crippen molar-refractivity contribution in [2.75, 3.05) is 31.5 Å². The van der Waals surface area contributed by atoms with Crippen LogP contribution in [0.5, 0.6) is 0 Å². The maximum absolute atomic E-state index is 14.9. The number of piperidine rings is 1. The van der Waals surface area contributed by atoms with Crippen molar-refractivity contribution in [2.45, 2.75) is 45.6 Å². The van der Waals surface area contributed by atoms with Crippen molar-refractivity contribution in [2.24, 2.45) is 0 Å². The highest BCUT2D eigenvalue weighted by Crippen LogP contribution is 2.34. The third kappa shape index (κ3) is 5.61. The number of nitrogens with one attached hydrogen (secondary N) is 1. The summed E-state index contributed by atoms with van der Waals surface area (Å²) in [6.07, 6.45) is 4.03. The van der Waals surface area contributed by atoms with E-state index < -0.39 is 17.6 Å². The number of anilines is 2. The van der Waals surface area contributed by atoms with Crippen molar-refractivity contribution in [1.29, 1.82) is 0 Å². The molecule has 0 bridgehead atoms. The van der Waals surface area contributed by atoms with Crippen LogP contribution in [0, 0.1) is 21.2 Å². The molecule has 3 aromatic rings. The smallest absolute Gasteiger partial charge is 0.256 e. The highest BCUT2D eigenvalue weighted by molar-refractivity contribution is 14.1. The van der Waals surface area contributed by atoms with Crippen molar-refractivity contribution in [1.82, 2.24) is 14.8 Å². The second-order valence-electron chi connectivity index (χ2n) is 9.12. The highest BCUT2D eigenvalue weighted by Gasteiger charge is 2.29. The van der Waals surface area contributed by atoms with Gasteiger partial charge in [0.1, 0.15) is 5.82 Å². The van der Waals surface area contributed by atoms with E-state index in [0.29, 0.717) is 18.7 Å². The van der Waals surface area contributed by atoms with Crippen molar-refractivity contribution < 1.29 is 18.0 Å². The Kier molecular flexibility index (Phi) is 8.71. The summed E-state index contributed by atoms with van der Waals surface area (Å²) in [6, 6.07) is 9.37. The number of benzene rings is 2. The van der Waals surface area contributed by atoms with Crippen LogP contribution in [-0.4, -0.2) is 52.9 Å². The van der Waals surface area contributed by atoms with Crippen LogP contribution >= 0.6 is 22.6 Å². The monoisotopic (exact) mass is 610 g/mol. The van der Waals surface area contributed by atoms with Gasteiger partial charge in [-0.1, -0.05) is 19.9 Å². The van der Waals surface area contributed by atoms with Crippen molar-refractivity contribution in [3.8, 4) is 0 Å². The molecular weight excluding hydrogens is 580 g/mol.